The number of nitrogens with one attached hydrogen (secondary N) is 1. The Morgan fingerprint density at radius 1 is 1.20 bits per heavy atom. The second-order valence-electron chi connectivity index (χ2n) is 6.34. The summed E-state index contributed by atoms with van der Waals surface area (Å²) >= 11 is 3.30. The molecule has 0 saturated carbocycles. The van der Waals surface area contributed by atoms with Crippen molar-refractivity contribution in [1.82, 2.24) is 5.32 Å². The van der Waals surface area contributed by atoms with Gasteiger partial charge in [-0.15, -0.1) is 0 Å². The van der Waals surface area contributed by atoms with Gasteiger partial charge in [-0.2, -0.15) is 0 Å². The zero-order chi connectivity index (χ0) is 18.9. The van der Waals surface area contributed by atoms with Crippen LogP contribution in [-0.2, 0) is 20.7 Å². The highest BCUT2D eigenvalue weighted by atomic mass is 79.9. The molecule has 0 fully saturated rings. The van der Waals surface area contributed by atoms with Crippen LogP contribution in [-0.4, -0.2) is 42.2 Å². The molecule has 1 aromatic rings. The number of rotatable bonds is 8. The molecule has 0 radical (unpaired) electrons. The predicted molar refractivity (Wildman–Crippen MR) is 99.2 cm³/mol. The molecule has 0 aliphatic carbocycles. The fraction of sp³-hybridized carbons (Fsp3) is 0.556. The number of carbonyl (C=O) groups excluding carboxylic acids is 2. The lowest BCUT2D eigenvalue weighted by Gasteiger charge is -2.23. The molecule has 25 heavy (non-hydrogen) atoms. The van der Waals surface area contributed by atoms with Gasteiger partial charge in [0.2, 0.25) is 0 Å². The topological polar surface area (TPSA) is 73.9 Å². The number of hydrogen-bond acceptors (Lipinski definition) is 5. The standard InChI is InChI=1S/C18H26BrNO5/c1-5-23-16(21)15(20-17(22)25-18(2,3)4)12-13-6-8-14(9-7-13)24-11-10-19/h6-9,15H,5,10-12H2,1-4H3,(H,20,22)/t15-/m0/s1. The quantitative estimate of drug-likeness (QED) is 0.519. The van der Waals surface area contributed by atoms with Gasteiger partial charge in [0, 0.05) is 11.8 Å². The number of hydrogen-bond donors (Lipinski definition) is 1. The first kappa shape index (κ1) is 21.3. The van der Waals surface area contributed by atoms with Gasteiger partial charge in [-0.05, 0) is 45.4 Å². The lowest BCUT2D eigenvalue weighted by molar-refractivity contribution is -0.145. The second kappa shape index (κ2) is 10.3. The van der Waals surface area contributed by atoms with Crippen LogP contribution >= 0.6 is 15.9 Å². The average Bonchev–Trinajstić information content (AvgIpc) is 2.52. The van der Waals surface area contributed by atoms with Crippen LogP contribution in [0, 0.1) is 0 Å². The molecule has 1 atom stereocenters. The van der Waals surface area contributed by atoms with Gasteiger partial charge in [0.15, 0.2) is 0 Å². The molecule has 0 aliphatic rings. The zero-order valence-corrected chi connectivity index (χ0v) is 16.7. The summed E-state index contributed by atoms with van der Waals surface area (Å²) in [6, 6.07) is 6.55. The van der Waals surface area contributed by atoms with Crippen LogP contribution in [0.25, 0.3) is 0 Å². The van der Waals surface area contributed by atoms with Crippen LogP contribution < -0.4 is 10.1 Å². The van der Waals surface area contributed by atoms with Gasteiger partial charge in [-0.1, -0.05) is 28.1 Å². The van der Waals surface area contributed by atoms with Crippen molar-refractivity contribution in [3.63, 3.8) is 0 Å². The summed E-state index contributed by atoms with van der Waals surface area (Å²) in [7, 11) is 0. The fourth-order valence-corrected chi connectivity index (χ4v) is 2.16. The van der Waals surface area contributed by atoms with Gasteiger partial charge in [0.05, 0.1) is 13.2 Å². The van der Waals surface area contributed by atoms with Gasteiger partial charge in [-0.3, -0.25) is 0 Å². The van der Waals surface area contributed by atoms with E-state index in [0.29, 0.717) is 13.0 Å². The van der Waals surface area contributed by atoms with Gasteiger partial charge >= 0.3 is 12.1 Å². The third-order valence-electron chi connectivity index (χ3n) is 2.97. The number of ether oxygens (including phenoxy) is 3. The lowest BCUT2D eigenvalue weighted by atomic mass is 10.1. The number of benzene rings is 1. The summed E-state index contributed by atoms with van der Waals surface area (Å²) in [6.07, 6.45) is -0.348. The highest BCUT2D eigenvalue weighted by Gasteiger charge is 2.25. The van der Waals surface area contributed by atoms with Crippen molar-refractivity contribution in [2.75, 3.05) is 18.5 Å². The Morgan fingerprint density at radius 2 is 1.84 bits per heavy atom. The number of halogens is 1. The Kier molecular flexibility index (Phi) is 8.75. The maximum Gasteiger partial charge on any atom is 0.408 e. The van der Waals surface area contributed by atoms with Gasteiger partial charge in [0.25, 0.3) is 0 Å². The van der Waals surface area contributed by atoms with Crippen molar-refractivity contribution in [2.24, 2.45) is 0 Å². The van der Waals surface area contributed by atoms with Gasteiger partial charge < -0.3 is 19.5 Å². The van der Waals surface area contributed by atoms with E-state index in [9.17, 15) is 9.59 Å². The molecule has 0 saturated heterocycles. The molecule has 0 bridgehead atoms. The van der Waals surface area contributed by atoms with Crippen molar-refractivity contribution in [3.8, 4) is 5.75 Å². The van der Waals surface area contributed by atoms with Crippen molar-refractivity contribution in [2.45, 2.75) is 45.8 Å². The molecular formula is C18H26BrNO5. The fourth-order valence-electron chi connectivity index (χ4n) is 2.00. The van der Waals surface area contributed by atoms with E-state index < -0.39 is 23.7 Å². The number of alkyl carbamates (subject to hydrolysis) is 1. The van der Waals surface area contributed by atoms with Crippen LogP contribution in [0.15, 0.2) is 24.3 Å². The van der Waals surface area contributed by atoms with Crippen LogP contribution in [0.3, 0.4) is 0 Å². The molecular weight excluding hydrogens is 390 g/mol. The molecule has 1 amide bonds. The number of esters is 1. The summed E-state index contributed by atoms with van der Waals surface area (Å²) in [4.78, 5) is 24.1. The molecule has 7 heteroatoms. The van der Waals surface area contributed by atoms with Crippen molar-refractivity contribution in [3.05, 3.63) is 29.8 Å². The third-order valence-corrected chi connectivity index (χ3v) is 3.29. The average molecular weight is 416 g/mol. The summed E-state index contributed by atoms with van der Waals surface area (Å²) in [5.41, 5.74) is 0.234. The van der Waals surface area contributed by atoms with Crippen LogP contribution in [0.4, 0.5) is 4.79 Å². The molecule has 1 rings (SSSR count). The molecule has 6 nitrogen and oxygen atoms in total. The number of alkyl halides is 1. The monoisotopic (exact) mass is 415 g/mol. The molecule has 0 spiro atoms. The highest BCUT2D eigenvalue weighted by Crippen LogP contribution is 2.15. The minimum absolute atomic E-state index is 0.241. The first-order valence-electron chi connectivity index (χ1n) is 8.19. The molecule has 1 aromatic carbocycles. The summed E-state index contributed by atoms with van der Waals surface area (Å²) in [6.45, 7) is 7.82. The van der Waals surface area contributed by atoms with Crippen LogP contribution in [0.2, 0.25) is 0 Å². The van der Waals surface area contributed by atoms with Crippen molar-refractivity contribution >= 4 is 28.0 Å². The predicted octanol–water partition coefficient (Wildman–Crippen LogP) is 3.46. The van der Waals surface area contributed by atoms with E-state index in [0.717, 1.165) is 16.6 Å². The Morgan fingerprint density at radius 3 is 2.36 bits per heavy atom. The maximum atomic E-state index is 12.1. The van der Waals surface area contributed by atoms with Crippen molar-refractivity contribution in [1.29, 1.82) is 0 Å². The van der Waals surface area contributed by atoms with E-state index in [-0.39, 0.29) is 6.61 Å². The highest BCUT2D eigenvalue weighted by molar-refractivity contribution is 9.09. The molecule has 1 N–H and O–H groups in total. The van der Waals surface area contributed by atoms with E-state index in [1.807, 2.05) is 24.3 Å². The minimum atomic E-state index is -0.816. The molecule has 0 aliphatic heterocycles. The van der Waals surface area contributed by atoms with E-state index in [2.05, 4.69) is 21.2 Å². The summed E-state index contributed by atoms with van der Waals surface area (Å²) in [5, 5.41) is 3.33. The SMILES string of the molecule is CCOC(=O)[C@H](Cc1ccc(OCCBr)cc1)NC(=O)OC(C)(C)C. The third kappa shape index (κ3) is 8.77. The van der Waals surface area contributed by atoms with E-state index >= 15 is 0 Å². The Balaban J connectivity index is 2.76. The molecule has 0 heterocycles. The van der Waals surface area contributed by atoms with E-state index in [1.54, 1.807) is 27.7 Å². The van der Waals surface area contributed by atoms with Crippen LogP contribution in [0.5, 0.6) is 5.75 Å². The number of amides is 1. The smallest absolute Gasteiger partial charge is 0.408 e. The molecule has 140 valence electrons. The lowest BCUT2D eigenvalue weighted by Crippen LogP contribution is -2.45. The Labute approximate surface area is 157 Å². The molecule has 0 unspecified atom stereocenters. The second-order valence-corrected chi connectivity index (χ2v) is 7.13. The first-order valence-corrected chi connectivity index (χ1v) is 9.31. The van der Waals surface area contributed by atoms with E-state index in [1.165, 1.54) is 0 Å². The minimum Gasteiger partial charge on any atom is -0.493 e. The largest absolute Gasteiger partial charge is 0.493 e. The molecule has 0 aromatic heterocycles. The Hall–Kier alpha value is -1.76. The maximum absolute atomic E-state index is 12.1. The number of carbonyl (C=O) groups is 2. The normalized spacial score (nSPS) is 12.2. The first-order chi connectivity index (χ1) is 11.7. The van der Waals surface area contributed by atoms with Crippen molar-refractivity contribution < 1.29 is 23.8 Å². The summed E-state index contributed by atoms with van der Waals surface area (Å²) in [5.74, 6) is 0.254. The summed E-state index contributed by atoms with van der Waals surface area (Å²) < 4.78 is 15.8. The Bertz CT molecular complexity index is 554. The van der Waals surface area contributed by atoms with Gasteiger partial charge in [-0.25, -0.2) is 9.59 Å². The van der Waals surface area contributed by atoms with Crippen LogP contribution in [0.1, 0.15) is 33.3 Å². The zero-order valence-electron chi connectivity index (χ0n) is 15.1. The van der Waals surface area contributed by atoms with E-state index in [4.69, 9.17) is 14.2 Å². The van der Waals surface area contributed by atoms with Gasteiger partial charge in [0.1, 0.15) is 17.4 Å².